The Morgan fingerprint density at radius 3 is 2.86 bits per heavy atom. The molecule has 0 fully saturated rings. The second kappa shape index (κ2) is 4.81. The number of hydrogen-bond acceptors (Lipinski definition) is 6. The molecule has 0 radical (unpaired) electrons. The number of anilines is 1. The Morgan fingerprint density at radius 2 is 2.09 bits per heavy atom. The van der Waals surface area contributed by atoms with Crippen LogP contribution in [-0.2, 0) is 0 Å². The van der Waals surface area contributed by atoms with Crippen LogP contribution >= 0.6 is 11.3 Å². The molecule has 4 rings (SSSR count). The lowest BCUT2D eigenvalue weighted by atomic mass is 10.2. The van der Waals surface area contributed by atoms with E-state index in [1.807, 2.05) is 28.8 Å². The maximum absolute atomic E-state index is 5.93. The van der Waals surface area contributed by atoms with Crippen LogP contribution in [-0.4, -0.2) is 20.5 Å². The Labute approximate surface area is 131 Å². The normalized spacial score (nSPS) is 17.4. The highest BCUT2D eigenvalue weighted by Gasteiger charge is 2.26. The molecule has 0 aliphatic carbocycles. The smallest absolute Gasteiger partial charge is 0.212 e. The summed E-state index contributed by atoms with van der Waals surface area (Å²) in [5.41, 5.74) is 8.77. The molecule has 1 aliphatic heterocycles. The van der Waals surface area contributed by atoms with E-state index in [-0.39, 0.29) is 6.17 Å². The number of nitrogens with one attached hydrogen (secondary N) is 1. The van der Waals surface area contributed by atoms with Gasteiger partial charge in [-0.1, -0.05) is 26.0 Å². The minimum Gasteiger partial charge on any atom is -0.370 e. The average Bonchev–Trinajstić information content (AvgIpc) is 3.10. The van der Waals surface area contributed by atoms with Gasteiger partial charge >= 0.3 is 0 Å². The maximum Gasteiger partial charge on any atom is 0.212 e. The van der Waals surface area contributed by atoms with E-state index in [0.717, 1.165) is 21.7 Å². The van der Waals surface area contributed by atoms with Gasteiger partial charge in [0.05, 0.1) is 21.7 Å². The number of thiazole rings is 1. The second-order valence-corrected chi connectivity index (χ2v) is 6.46. The Hall–Kier alpha value is -2.41. The van der Waals surface area contributed by atoms with Crippen LogP contribution in [0.4, 0.5) is 5.95 Å². The van der Waals surface area contributed by atoms with Crippen molar-refractivity contribution >= 4 is 34.3 Å². The number of imidazole rings is 1. The van der Waals surface area contributed by atoms with Crippen LogP contribution in [0, 0.1) is 0 Å². The summed E-state index contributed by atoms with van der Waals surface area (Å²) in [6.07, 6.45) is -0.271. The molecular formula is C15H16N6S. The first-order chi connectivity index (χ1) is 10.6. The van der Waals surface area contributed by atoms with Gasteiger partial charge in [0.25, 0.3) is 0 Å². The number of benzene rings is 1. The number of rotatable bonds is 2. The summed E-state index contributed by atoms with van der Waals surface area (Å²) in [5.74, 6) is 1.48. The van der Waals surface area contributed by atoms with Gasteiger partial charge in [-0.05, 0) is 12.1 Å². The fourth-order valence-corrected chi connectivity index (χ4v) is 3.45. The van der Waals surface area contributed by atoms with Crippen molar-refractivity contribution < 1.29 is 0 Å². The molecule has 112 valence electrons. The summed E-state index contributed by atoms with van der Waals surface area (Å²) in [6, 6.07) is 7.99. The highest BCUT2D eigenvalue weighted by atomic mass is 32.1. The molecule has 1 aromatic carbocycles. The molecule has 0 spiro atoms. The van der Waals surface area contributed by atoms with Crippen molar-refractivity contribution in [2.45, 2.75) is 25.9 Å². The van der Waals surface area contributed by atoms with Gasteiger partial charge in [-0.2, -0.15) is 0 Å². The summed E-state index contributed by atoms with van der Waals surface area (Å²) >= 11 is 1.66. The Kier molecular flexibility index (Phi) is 2.90. The summed E-state index contributed by atoms with van der Waals surface area (Å²) < 4.78 is 2.05. The number of aromatic nitrogens is 3. The van der Waals surface area contributed by atoms with Crippen molar-refractivity contribution in [1.29, 1.82) is 0 Å². The zero-order chi connectivity index (χ0) is 15.3. The molecule has 6 nitrogen and oxygen atoms in total. The zero-order valence-electron chi connectivity index (χ0n) is 12.3. The molecule has 0 amide bonds. The molecule has 7 heteroatoms. The maximum atomic E-state index is 5.93. The summed E-state index contributed by atoms with van der Waals surface area (Å²) in [5, 5.41) is 6.19. The van der Waals surface area contributed by atoms with Crippen LogP contribution in [0.25, 0.3) is 11.0 Å². The van der Waals surface area contributed by atoms with Crippen molar-refractivity contribution in [2.24, 2.45) is 10.7 Å². The van der Waals surface area contributed by atoms with Gasteiger partial charge in [0.1, 0.15) is 0 Å². The van der Waals surface area contributed by atoms with Crippen molar-refractivity contribution in [3.05, 3.63) is 40.3 Å². The van der Waals surface area contributed by atoms with Crippen molar-refractivity contribution in [3.63, 3.8) is 0 Å². The summed E-state index contributed by atoms with van der Waals surface area (Å²) in [6.45, 7) is 4.28. The summed E-state index contributed by atoms with van der Waals surface area (Å²) in [4.78, 5) is 13.9. The number of guanidine groups is 1. The lowest BCUT2D eigenvalue weighted by Crippen LogP contribution is -2.31. The molecule has 2 aromatic heterocycles. The Balaban J connectivity index is 1.90. The van der Waals surface area contributed by atoms with E-state index in [4.69, 9.17) is 10.7 Å². The largest absolute Gasteiger partial charge is 0.370 e. The van der Waals surface area contributed by atoms with Gasteiger partial charge in [-0.25, -0.2) is 15.0 Å². The van der Waals surface area contributed by atoms with Gasteiger partial charge < -0.3 is 5.73 Å². The van der Waals surface area contributed by atoms with Crippen molar-refractivity contribution in [1.82, 2.24) is 14.5 Å². The van der Waals surface area contributed by atoms with E-state index in [2.05, 4.69) is 34.5 Å². The Bertz CT molecular complexity index is 875. The SMILES string of the molecule is CC(C)c1nc(C2N=C(N)Nc3nc4ccccc4n32)cs1. The number of aliphatic imine (C=N–C) groups is 1. The molecule has 1 atom stereocenters. The third-order valence-electron chi connectivity index (χ3n) is 3.64. The lowest BCUT2D eigenvalue weighted by molar-refractivity contribution is 0.608. The molecule has 0 saturated heterocycles. The van der Waals surface area contributed by atoms with E-state index in [1.165, 1.54) is 0 Å². The monoisotopic (exact) mass is 312 g/mol. The standard InChI is InChI=1S/C15H16N6S/c1-8(2)13-17-10(7-22-13)12-19-14(16)20-15-18-9-5-3-4-6-11(9)21(12)15/h3-8,12H,1-2H3,(H3,16,18,19,20). The van der Waals surface area contributed by atoms with Crippen LogP contribution in [0.2, 0.25) is 0 Å². The van der Waals surface area contributed by atoms with Crippen LogP contribution in [0.1, 0.15) is 36.6 Å². The Morgan fingerprint density at radius 1 is 1.27 bits per heavy atom. The molecular weight excluding hydrogens is 296 g/mol. The van der Waals surface area contributed by atoms with Crippen LogP contribution in [0.3, 0.4) is 0 Å². The molecule has 0 bridgehead atoms. The average molecular weight is 312 g/mol. The minimum atomic E-state index is -0.271. The fraction of sp³-hybridized carbons (Fsp3) is 0.267. The van der Waals surface area contributed by atoms with E-state index in [1.54, 1.807) is 11.3 Å². The second-order valence-electron chi connectivity index (χ2n) is 5.57. The molecule has 22 heavy (non-hydrogen) atoms. The minimum absolute atomic E-state index is 0.271. The zero-order valence-corrected chi connectivity index (χ0v) is 13.1. The number of nitrogens with two attached hydrogens (primary N) is 1. The molecule has 3 N–H and O–H groups in total. The van der Waals surface area contributed by atoms with Crippen LogP contribution in [0.15, 0.2) is 34.6 Å². The number of para-hydroxylation sites is 2. The third kappa shape index (κ3) is 1.97. The quantitative estimate of drug-likeness (QED) is 0.762. The van der Waals surface area contributed by atoms with Gasteiger partial charge in [0.15, 0.2) is 12.1 Å². The first-order valence-electron chi connectivity index (χ1n) is 7.16. The molecule has 0 saturated carbocycles. The molecule has 1 aliphatic rings. The van der Waals surface area contributed by atoms with Gasteiger partial charge in [0, 0.05) is 11.3 Å². The fourth-order valence-electron chi connectivity index (χ4n) is 2.60. The third-order valence-corrected chi connectivity index (χ3v) is 4.80. The van der Waals surface area contributed by atoms with Crippen LogP contribution < -0.4 is 11.1 Å². The lowest BCUT2D eigenvalue weighted by Gasteiger charge is -2.22. The highest BCUT2D eigenvalue weighted by molar-refractivity contribution is 7.09. The predicted octanol–water partition coefficient (Wildman–Crippen LogP) is 2.90. The molecule has 1 unspecified atom stereocenters. The molecule has 3 heterocycles. The summed E-state index contributed by atoms with van der Waals surface area (Å²) in [7, 11) is 0. The van der Waals surface area contributed by atoms with E-state index < -0.39 is 0 Å². The number of nitrogens with zero attached hydrogens (tertiary/aromatic N) is 4. The van der Waals surface area contributed by atoms with Crippen molar-refractivity contribution in [2.75, 3.05) is 5.32 Å². The number of fused-ring (bicyclic) bond motifs is 3. The van der Waals surface area contributed by atoms with Crippen LogP contribution in [0.5, 0.6) is 0 Å². The van der Waals surface area contributed by atoms with Crippen molar-refractivity contribution in [3.8, 4) is 0 Å². The number of hydrogen-bond donors (Lipinski definition) is 2. The van der Waals surface area contributed by atoms with Gasteiger partial charge in [-0.15, -0.1) is 11.3 Å². The van der Waals surface area contributed by atoms with Gasteiger partial charge in [0.2, 0.25) is 5.95 Å². The van der Waals surface area contributed by atoms with E-state index in [0.29, 0.717) is 17.8 Å². The molecule has 3 aromatic rings. The van der Waals surface area contributed by atoms with E-state index >= 15 is 0 Å². The topological polar surface area (TPSA) is 81.1 Å². The first kappa shape index (κ1) is 13.3. The highest BCUT2D eigenvalue weighted by Crippen LogP contribution is 2.33. The van der Waals surface area contributed by atoms with E-state index in [9.17, 15) is 0 Å². The first-order valence-corrected chi connectivity index (χ1v) is 8.04. The predicted molar refractivity (Wildman–Crippen MR) is 89.3 cm³/mol. The van der Waals surface area contributed by atoms with Gasteiger partial charge in [-0.3, -0.25) is 9.88 Å².